The molecule has 1 saturated carbocycles. The Balaban J connectivity index is 1.91. The number of hydrogen-bond acceptors (Lipinski definition) is 2. The molecule has 2 aliphatic rings. The van der Waals surface area contributed by atoms with Crippen molar-refractivity contribution in [1.29, 1.82) is 0 Å². The highest BCUT2D eigenvalue weighted by atomic mass is 35.5. The SMILES string of the molecule is CC1(C)CC2CC(C)(CN2C(=O)c2cc(Cl)ncc2Cl)C1. The zero-order valence-corrected chi connectivity index (χ0v) is 14.1. The van der Waals surface area contributed by atoms with Crippen LogP contribution in [0.15, 0.2) is 12.3 Å². The number of carbonyl (C=O) groups is 1. The van der Waals surface area contributed by atoms with Gasteiger partial charge in [-0.05, 0) is 36.2 Å². The first-order chi connectivity index (χ1) is 9.69. The average Bonchev–Trinajstić information content (AvgIpc) is 2.61. The van der Waals surface area contributed by atoms with Crippen LogP contribution in [0.25, 0.3) is 0 Å². The van der Waals surface area contributed by atoms with Gasteiger partial charge in [0.1, 0.15) is 5.15 Å². The topological polar surface area (TPSA) is 33.2 Å². The van der Waals surface area contributed by atoms with Gasteiger partial charge in [0.15, 0.2) is 0 Å². The maximum atomic E-state index is 12.9. The molecule has 0 aromatic carbocycles. The van der Waals surface area contributed by atoms with Gasteiger partial charge >= 0.3 is 0 Å². The maximum Gasteiger partial charge on any atom is 0.255 e. The lowest BCUT2D eigenvalue weighted by Crippen LogP contribution is -2.37. The monoisotopic (exact) mass is 326 g/mol. The van der Waals surface area contributed by atoms with Crippen LogP contribution < -0.4 is 0 Å². The first-order valence-electron chi connectivity index (χ1n) is 7.31. The van der Waals surface area contributed by atoms with E-state index in [9.17, 15) is 4.79 Å². The summed E-state index contributed by atoms with van der Waals surface area (Å²) in [6.07, 6.45) is 4.74. The fourth-order valence-electron chi connectivity index (χ4n) is 4.43. The molecule has 3 nitrogen and oxygen atoms in total. The molecule has 1 aliphatic carbocycles. The van der Waals surface area contributed by atoms with Gasteiger partial charge in [0.05, 0.1) is 10.6 Å². The van der Waals surface area contributed by atoms with E-state index < -0.39 is 0 Å². The molecule has 2 atom stereocenters. The summed E-state index contributed by atoms with van der Waals surface area (Å²) in [5.41, 5.74) is 0.961. The fourth-order valence-corrected chi connectivity index (χ4v) is 4.77. The van der Waals surface area contributed by atoms with E-state index in [0.29, 0.717) is 21.8 Å². The van der Waals surface area contributed by atoms with Crippen LogP contribution in [0.4, 0.5) is 0 Å². The number of fused-ring (bicyclic) bond motifs is 2. The van der Waals surface area contributed by atoms with E-state index in [1.54, 1.807) is 6.07 Å². The van der Waals surface area contributed by atoms with Gasteiger partial charge in [-0.3, -0.25) is 4.79 Å². The second kappa shape index (κ2) is 4.85. The zero-order chi connectivity index (χ0) is 15.4. The van der Waals surface area contributed by atoms with E-state index in [2.05, 4.69) is 25.8 Å². The Kier molecular flexibility index (Phi) is 3.49. The second-order valence-electron chi connectivity index (χ2n) is 7.63. The summed E-state index contributed by atoms with van der Waals surface area (Å²) in [7, 11) is 0. The minimum atomic E-state index is -0.0178. The molecule has 1 aromatic rings. The molecule has 1 aromatic heterocycles. The molecule has 0 spiro atoms. The molecule has 21 heavy (non-hydrogen) atoms. The normalized spacial score (nSPS) is 30.5. The number of aromatic nitrogens is 1. The summed E-state index contributed by atoms with van der Waals surface area (Å²) in [5.74, 6) is -0.0178. The highest BCUT2D eigenvalue weighted by molar-refractivity contribution is 6.35. The quantitative estimate of drug-likeness (QED) is 0.715. The zero-order valence-electron chi connectivity index (χ0n) is 12.6. The minimum Gasteiger partial charge on any atom is -0.335 e. The molecule has 2 bridgehead atoms. The standard InChI is InChI=1S/C16H20Cl2N2O/c1-15(2)5-10-6-16(3,8-15)9-20(10)14(21)11-4-13(18)19-7-12(11)17/h4,7,10H,5-6,8-9H2,1-3H3. The largest absolute Gasteiger partial charge is 0.335 e. The third-order valence-corrected chi connectivity index (χ3v) is 5.24. The van der Waals surface area contributed by atoms with Crippen molar-refractivity contribution >= 4 is 29.1 Å². The smallest absolute Gasteiger partial charge is 0.255 e. The van der Waals surface area contributed by atoms with E-state index in [-0.39, 0.29) is 16.7 Å². The van der Waals surface area contributed by atoms with Crippen LogP contribution in [0.3, 0.4) is 0 Å². The lowest BCUT2D eigenvalue weighted by Gasteiger charge is -2.39. The van der Waals surface area contributed by atoms with Crippen LogP contribution in [0.1, 0.15) is 50.4 Å². The Morgan fingerprint density at radius 1 is 1.33 bits per heavy atom. The van der Waals surface area contributed by atoms with Crippen molar-refractivity contribution in [1.82, 2.24) is 9.88 Å². The van der Waals surface area contributed by atoms with Gasteiger partial charge in [0, 0.05) is 18.8 Å². The number of halogens is 2. The van der Waals surface area contributed by atoms with Crippen molar-refractivity contribution in [2.24, 2.45) is 10.8 Å². The molecule has 1 saturated heterocycles. The van der Waals surface area contributed by atoms with Crippen LogP contribution in [0, 0.1) is 10.8 Å². The Hall–Kier alpha value is -0.800. The average molecular weight is 327 g/mol. The van der Waals surface area contributed by atoms with E-state index >= 15 is 0 Å². The van der Waals surface area contributed by atoms with Crippen molar-refractivity contribution < 1.29 is 4.79 Å². The van der Waals surface area contributed by atoms with Crippen LogP contribution in [0.2, 0.25) is 10.2 Å². The Morgan fingerprint density at radius 2 is 2.05 bits per heavy atom. The van der Waals surface area contributed by atoms with Gasteiger partial charge < -0.3 is 4.90 Å². The predicted octanol–water partition coefficient (Wildman–Crippen LogP) is 4.43. The van der Waals surface area contributed by atoms with Crippen molar-refractivity contribution in [2.75, 3.05) is 6.54 Å². The number of rotatable bonds is 1. The second-order valence-corrected chi connectivity index (χ2v) is 8.43. The highest BCUT2D eigenvalue weighted by Gasteiger charge is 2.51. The summed E-state index contributed by atoms with van der Waals surface area (Å²) < 4.78 is 0. The molecule has 5 heteroatoms. The van der Waals surface area contributed by atoms with Gasteiger partial charge in [-0.1, -0.05) is 44.0 Å². The fraction of sp³-hybridized carbons (Fsp3) is 0.625. The van der Waals surface area contributed by atoms with Gasteiger partial charge in [-0.25, -0.2) is 4.98 Å². The molecule has 0 N–H and O–H groups in total. The van der Waals surface area contributed by atoms with Gasteiger partial charge in [-0.15, -0.1) is 0 Å². The maximum absolute atomic E-state index is 12.9. The van der Waals surface area contributed by atoms with Crippen molar-refractivity contribution in [3.05, 3.63) is 28.0 Å². The number of nitrogens with zero attached hydrogens (tertiary/aromatic N) is 2. The summed E-state index contributed by atoms with van der Waals surface area (Å²) in [6.45, 7) is 7.68. The number of hydrogen-bond donors (Lipinski definition) is 0. The van der Waals surface area contributed by atoms with E-state index in [0.717, 1.165) is 25.8 Å². The molecule has 2 unspecified atom stereocenters. The molecule has 0 radical (unpaired) electrons. The van der Waals surface area contributed by atoms with E-state index in [1.165, 1.54) is 6.20 Å². The summed E-state index contributed by atoms with van der Waals surface area (Å²) in [4.78, 5) is 18.8. The third-order valence-electron chi connectivity index (χ3n) is 4.73. The summed E-state index contributed by atoms with van der Waals surface area (Å²) >= 11 is 12.0. The predicted molar refractivity (Wildman–Crippen MR) is 84.8 cm³/mol. The summed E-state index contributed by atoms with van der Waals surface area (Å²) in [5, 5.41) is 0.673. The molecule has 2 heterocycles. The number of pyridine rings is 1. The number of amides is 1. The highest BCUT2D eigenvalue weighted by Crippen LogP contribution is 2.52. The first-order valence-corrected chi connectivity index (χ1v) is 8.07. The van der Waals surface area contributed by atoms with Crippen LogP contribution in [-0.4, -0.2) is 28.4 Å². The Labute approximate surface area is 135 Å². The number of likely N-dealkylation sites (tertiary alicyclic amines) is 1. The molecular formula is C16H20Cl2N2O. The molecule has 1 aliphatic heterocycles. The molecule has 2 fully saturated rings. The molecular weight excluding hydrogens is 307 g/mol. The van der Waals surface area contributed by atoms with Gasteiger partial charge in [0.2, 0.25) is 0 Å². The molecule has 114 valence electrons. The van der Waals surface area contributed by atoms with Crippen LogP contribution >= 0.6 is 23.2 Å². The Bertz CT molecular complexity index is 602. The van der Waals surface area contributed by atoms with Gasteiger partial charge in [0.25, 0.3) is 5.91 Å². The lowest BCUT2D eigenvalue weighted by molar-refractivity contribution is 0.0708. The lowest BCUT2D eigenvalue weighted by atomic mass is 9.65. The van der Waals surface area contributed by atoms with Crippen molar-refractivity contribution in [2.45, 2.75) is 46.1 Å². The minimum absolute atomic E-state index is 0.0178. The van der Waals surface area contributed by atoms with Crippen molar-refractivity contribution in [3.8, 4) is 0 Å². The van der Waals surface area contributed by atoms with E-state index in [1.807, 2.05) is 4.90 Å². The third kappa shape index (κ3) is 2.78. The van der Waals surface area contributed by atoms with E-state index in [4.69, 9.17) is 23.2 Å². The number of carbonyl (C=O) groups excluding carboxylic acids is 1. The van der Waals surface area contributed by atoms with Gasteiger partial charge in [-0.2, -0.15) is 0 Å². The first kappa shape index (κ1) is 15.1. The van der Waals surface area contributed by atoms with Crippen LogP contribution in [0.5, 0.6) is 0 Å². The van der Waals surface area contributed by atoms with Crippen molar-refractivity contribution in [3.63, 3.8) is 0 Å². The molecule has 3 rings (SSSR count). The van der Waals surface area contributed by atoms with Crippen LogP contribution in [-0.2, 0) is 0 Å². The Morgan fingerprint density at radius 3 is 2.76 bits per heavy atom. The summed E-state index contributed by atoms with van der Waals surface area (Å²) in [6, 6.07) is 1.87. The molecule has 1 amide bonds.